The Kier molecular flexibility index (Phi) is 4.99. The van der Waals surface area contributed by atoms with E-state index in [1.165, 1.54) is 12.1 Å². The molecule has 0 radical (unpaired) electrons. The second-order valence-corrected chi connectivity index (χ2v) is 5.19. The molecule has 0 spiro atoms. The number of non-ortho nitro benzene ring substituents is 1. The predicted molar refractivity (Wildman–Crippen MR) is 90.9 cm³/mol. The van der Waals surface area contributed by atoms with Gasteiger partial charge in [-0.05, 0) is 19.0 Å². The highest BCUT2D eigenvalue weighted by molar-refractivity contribution is 8.93. The normalized spacial score (nSPS) is 13.8. The zero-order chi connectivity index (χ0) is 15.7. The van der Waals surface area contributed by atoms with Crippen molar-refractivity contribution < 1.29 is 4.92 Å². The number of nitro groups is 1. The van der Waals surface area contributed by atoms with Crippen LogP contribution in [0.2, 0.25) is 0 Å². The molecule has 2 N–H and O–H groups in total. The standard InChI is InChI=1S/C14H14N4O4.BrH/c19-13-14(20)16-12-9(8-17-4-2-1-3-5-17)6-10(18(21)22)7-11(12)15-13;/h2,4,6-7H,1,3,5,8H2,(H,15,19)(H,16,20);1H. The van der Waals surface area contributed by atoms with Gasteiger partial charge in [-0.15, -0.1) is 17.0 Å². The number of H-pyrrole nitrogens is 2. The molecule has 2 heterocycles. The summed E-state index contributed by atoms with van der Waals surface area (Å²) >= 11 is 0. The molecule has 2 aromatic rings. The van der Waals surface area contributed by atoms with Crippen LogP contribution in [0.4, 0.5) is 5.69 Å². The third kappa shape index (κ3) is 3.50. The van der Waals surface area contributed by atoms with E-state index in [2.05, 4.69) is 9.97 Å². The largest absolute Gasteiger partial charge is 0.373 e. The monoisotopic (exact) mass is 382 g/mol. The molecule has 1 aromatic carbocycles. The van der Waals surface area contributed by atoms with Crippen LogP contribution in [0.3, 0.4) is 0 Å². The van der Waals surface area contributed by atoms with Gasteiger partial charge in [0.15, 0.2) is 0 Å². The molecule has 0 amide bonds. The Morgan fingerprint density at radius 1 is 1.22 bits per heavy atom. The fraction of sp³-hybridized carbons (Fsp3) is 0.286. The Balaban J connectivity index is 0.00000192. The van der Waals surface area contributed by atoms with Crippen molar-refractivity contribution in [1.82, 2.24) is 14.9 Å². The first-order chi connectivity index (χ1) is 10.5. The first kappa shape index (κ1) is 16.9. The summed E-state index contributed by atoms with van der Waals surface area (Å²) in [5.74, 6) is 0. The second kappa shape index (κ2) is 6.78. The van der Waals surface area contributed by atoms with E-state index in [1.807, 2.05) is 17.2 Å². The van der Waals surface area contributed by atoms with Crippen LogP contribution < -0.4 is 11.1 Å². The number of nitrogens with zero attached hydrogens (tertiary/aromatic N) is 2. The van der Waals surface area contributed by atoms with Gasteiger partial charge in [0.25, 0.3) is 5.69 Å². The number of fused-ring (bicyclic) bond motifs is 1. The van der Waals surface area contributed by atoms with Crippen molar-refractivity contribution in [2.75, 3.05) is 6.54 Å². The molecule has 0 bridgehead atoms. The maximum absolute atomic E-state index is 11.5. The molecule has 9 heteroatoms. The van der Waals surface area contributed by atoms with E-state index in [1.54, 1.807) is 0 Å². The minimum absolute atomic E-state index is 0. The van der Waals surface area contributed by atoms with E-state index in [-0.39, 0.29) is 28.2 Å². The van der Waals surface area contributed by atoms with Gasteiger partial charge in [0.2, 0.25) is 0 Å². The molecule has 1 aliphatic heterocycles. The quantitative estimate of drug-likeness (QED) is 0.477. The zero-order valence-electron chi connectivity index (χ0n) is 12.1. The van der Waals surface area contributed by atoms with Gasteiger partial charge in [0.05, 0.1) is 16.0 Å². The van der Waals surface area contributed by atoms with Crippen molar-refractivity contribution in [2.45, 2.75) is 19.4 Å². The molecular formula is C14H15BrN4O4. The molecule has 0 unspecified atom stereocenters. The average Bonchev–Trinajstić information content (AvgIpc) is 2.50. The fourth-order valence-electron chi connectivity index (χ4n) is 2.57. The third-order valence-corrected chi connectivity index (χ3v) is 3.61. The smallest absolute Gasteiger partial charge is 0.314 e. The molecule has 0 fully saturated rings. The SMILES string of the molecule is Br.O=c1[nH]c2cc([N+](=O)[O-])cc(CN3C=CCCC3)c2[nH]c1=O. The summed E-state index contributed by atoms with van der Waals surface area (Å²) in [6.45, 7) is 1.27. The fourth-order valence-corrected chi connectivity index (χ4v) is 2.57. The number of aromatic nitrogens is 2. The highest BCUT2D eigenvalue weighted by atomic mass is 79.9. The second-order valence-electron chi connectivity index (χ2n) is 5.19. The van der Waals surface area contributed by atoms with Crippen LogP contribution in [-0.2, 0) is 6.54 Å². The molecule has 1 aromatic heterocycles. The third-order valence-electron chi connectivity index (χ3n) is 3.61. The Morgan fingerprint density at radius 2 is 1.96 bits per heavy atom. The van der Waals surface area contributed by atoms with Gasteiger partial charge in [-0.3, -0.25) is 19.7 Å². The van der Waals surface area contributed by atoms with Crippen molar-refractivity contribution >= 4 is 33.7 Å². The Morgan fingerprint density at radius 3 is 2.61 bits per heavy atom. The molecular weight excluding hydrogens is 368 g/mol. The van der Waals surface area contributed by atoms with Gasteiger partial charge in [-0.2, -0.15) is 0 Å². The lowest BCUT2D eigenvalue weighted by molar-refractivity contribution is -0.384. The van der Waals surface area contributed by atoms with Crippen LogP contribution in [0.1, 0.15) is 18.4 Å². The first-order valence-corrected chi connectivity index (χ1v) is 6.89. The van der Waals surface area contributed by atoms with E-state index < -0.39 is 16.0 Å². The lowest BCUT2D eigenvalue weighted by Crippen LogP contribution is -2.29. The minimum Gasteiger partial charge on any atom is -0.373 e. The number of benzene rings is 1. The maximum atomic E-state index is 11.5. The number of allylic oxidation sites excluding steroid dienone is 1. The number of nitrogens with one attached hydrogen (secondary N) is 2. The highest BCUT2D eigenvalue weighted by Gasteiger charge is 2.15. The van der Waals surface area contributed by atoms with E-state index in [0.29, 0.717) is 17.6 Å². The van der Waals surface area contributed by atoms with Crippen LogP contribution in [0.15, 0.2) is 34.0 Å². The van der Waals surface area contributed by atoms with Crippen molar-refractivity contribution in [1.29, 1.82) is 0 Å². The molecule has 23 heavy (non-hydrogen) atoms. The van der Waals surface area contributed by atoms with Gasteiger partial charge in [0.1, 0.15) is 0 Å². The van der Waals surface area contributed by atoms with Gasteiger partial charge in [-0.25, -0.2) is 0 Å². The van der Waals surface area contributed by atoms with Gasteiger partial charge >= 0.3 is 11.1 Å². The van der Waals surface area contributed by atoms with E-state index in [0.717, 1.165) is 19.4 Å². The number of rotatable bonds is 3. The number of hydrogen-bond donors (Lipinski definition) is 2. The summed E-state index contributed by atoms with van der Waals surface area (Å²) < 4.78 is 0. The number of halogens is 1. The van der Waals surface area contributed by atoms with Gasteiger partial charge in [-0.1, -0.05) is 6.08 Å². The highest BCUT2D eigenvalue weighted by Crippen LogP contribution is 2.23. The Labute approximate surface area is 140 Å². The first-order valence-electron chi connectivity index (χ1n) is 6.89. The summed E-state index contributed by atoms with van der Waals surface area (Å²) in [5.41, 5.74) is -0.423. The summed E-state index contributed by atoms with van der Waals surface area (Å²) in [6.07, 6.45) is 6.00. The van der Waals surface area contributed by atoms with Crippen LogP contribution in [-0.4, -0.2) is 26.3 Å². The Bertz CT molecular complexity index is 886. The van der Waals surface area contributed by atoms with Crippen LogP contribution in [0, 0.1) is 10.1 Å². The summed E-state index contributed by atoms with van der Waals surface area (Å²) in [5, 5.41) is 11.1. The summed E-state index contributed by atoms with van der Waals surface area (Å²) in [4.78, 5) is 40.4. The van der Waals surface area contributed by atoms with E-state index in [4.69, 9.17) is 0 Å². The van der Waals surface area contributed by atoms with Gasteiger partial charge in [0, 0.05) is 30.8 Å². The van der Waals surface area contributed by atoms with E-state index in [9.17, 15) is 19.7 Å². The van der Waals surface area contributed by atoms with Crippen molar-refractivity contribution in [3.63, 3.8) is 0 Å². The van der Waals surface area contributed by atoms with Crippen LogP contribution >= 0.6 is 17.0 Å². The average molecular weight is 383 g/mol. The molecule has 122 valence electrons. The van der Waals surface area contributed by atoms with Crippen molar-refractivity contribution in [3.05, 3.63) is 60.8 Å². The molecule has 0 atom stereocenters. The molecule has 0 saturated heterocycles. The van der Waals surface area contributed by atoms with E-state index >= 15 is 0 Å². The summed E-state index contributed by atoms with van der Waals surface area (Å²) in [6, 6.07) is 2.68. The molecule has 3 rings (SSSR count). The van der Waals surface area contributed by atoms with Crippen LogP contribution in [0.5, 0.6) is 0 Å². The maximum Gasteiger partial charge on any atom is 0.314 e. The topological polar surface area (TPSA) is 112 Å². The number of aromatic amines is 2. The predicted octanol–water partition coefficient (Wildman–Crippen LogP) is 1.81. The van der Waals surface area contributed by atoms with Crippen molar-refractivity contribution in [2.24, 2.45) is 0 Å². The van der Waals surface area contributed by atoms with Crippen LogP contribution in [0.25, 0.3) is 11.0 Å². The minimum atomic E-state index is -0.822. The lowest BCUT2D eigenvalue weighted by atomic mass is 10.1. The lowest BCUT2D eigenvalue weighted by Gasteiger charge is -2.23. The molecule has 1 aliphatic rings. The Hall–Kier alpha value is -2.42. The molecule has 0 saturated carbocycles. The number of hydrogen-bond acceptors (Lipinski definition) is 5. The summed E-state index contributed by atoms with van der Waals surface area (Å²) in [7, 11) is 0. The van der Waals surface area contributed by atoms with Gasteiger partial charge < -0.3 is 14.9 Å². The molecule has 8 nitrogen and oxygen atoms in total. The van der Waals surface area contributed by atoms with Crippen molar-refractivity contribution in [3.8, 4) is 0 Å². The zero-order valence-corrected chi connectivity index (χ0v) is 13.8. The molecule has 0 aliphatic carbocycles. The number of nitro benzene ring substituents is 1.